The maximum absolute atomic E-state index is 4.35. The minimum Gasteiger partial charge on any atom is -0.308 e. The van der Waals surface area contributed by atoms with E-state index in [1.54, 1.807) is 0 Å². The molecule has 1 aromatic heterocycles. The molecule has 88 valence electrons. The highest BCUT2D eigenvalue weighted by Gasteiger charge is 2.21. The molecule has 1 aliphatic rings. The van der Waals surface area contributed by atoms with Crippen LogP contribution in [-0.2, 0) is 6.42 Å². The molecule has 3 rings (SSSR count). The summed E-state index contributed by atoms with van der Waals surface area (Å²) in [5.41, 5.74) is 1.14. The first-order chi connectivity index (χ1) is 8.25. The summed E-state index contributed by atoms with van der Waals surface area (Å²) in [4.78, 5) is 0. The van der Waals surface area contributed by atoms with Gasteiger partial charge in [-0.15, -0.1) is 10.2 Å². The number of benzene rings is 1. The van der Waals surface area contributed by atoms with Crippen molar-refractivity contribution in [3.63, 3.8) is 0 Å². The van der Waals surface area contributed by atoms with E-state index in [4.69, 9.17) is 0 Å². The molecule has 1 aromatic carbocycles. The summed E-state index contributed by atoms with van der Waals surface area (Å²) < 4.78 is 3.37. The van der Waals surface area contributed by atoms with Crippen LogP contribution in [0.1, 0.15) is 31.6 Å². The summed E-state index contributed by atoms with van der Waals surface area (Å²) >= 11 is 3.45. The quantitative estimate of drug-likeness (QED) is 0.804. The van der Waals surface area contributed by atoms with Gasteiger partial charge in [-0.25, -0.2) is 0 Å². The van der Waals surface area contributed by atoms with Crippen LogP contribution in [0.4, 0.5) is 0 Å². The molecule has 17 heavy (non-hydrogen) atoms. The second kappa shape index (κ2) is 4.26. The molecule has 2 heterocycles. The third-order valence-electron chi connectivity index (χ3n) is 3.33. The van der Waals surface area contributed by atoms with Crippen molar-refractivity contribution in [3.05, 3.63) is 34.6 Å². The zero-order valence-corrected chi connectivity index (χ0v) is 11.3. The van der Waals surface area contributed by atoms with E-state index < -0.39 is 0 Å². The van der Waals surface area contributed by atoms with E-state index in [0.717, 1.165) is 28.1 Å². The van der Waals surface area contributed by atoms with Gasteiger partial charge in [-0.05, 0) is 31.9 Å². The predicted molar refractivity (Wildman–Crippen MR) is 70.8 cm³/mol. The van der Waals surface area contributed by atoms with E-state index in [-0.39, 0.29) is 0 Å². The number of halogens is 1. The van der Waals surface area contributed by atoms with E-state index in [2.05, 4.69) is 49.8 Å². The molecule has 0 saturated carbocycles. The van der Waals surface area contributed by atoms with Gasteiger partial charge in [0.15, 0.2) is 5.82 Å². The molecule has 0 saturated heterocycles. The van der Waals surface area contributed by atoms with E-state index >= 15 is 0 Å². The summed E-state index contributed by atoms with van der Waals surface area (Å²) in [5, 5.41) is 8.65. The third kappa shape index (κ3) is 1.90. The zero-order valence-electron chi connectivity index (χ0n) is 9.73. The predicted octanol–water partition coefficient (Wildman–Crippen LogP) is 3.60. The fourth-order valence-electron chi connectivity index (χ4n) is 2.44. The highest BCUT2D eigenvalue weighted by atomic mass is 79.9. The number of hydrogen-bond donors (Lipinski definition) is 0. The molecule has 1 atom stereocenters. The zero-order chi connectivity index (χ0) is 11.8. The van der Waals surface area contributed by atoms with Crippen molar-refractivity contribution in [3.8, 4) is 11.4 Å². The van der Waals surface area contributed by atoms with Crippen LogP contribution in [0.15, 0.2) is 28.7 Å². The van der Waals surface area contributed by atoms with Crippen molar-refractivity contribution in [1.82, 2.24) is 14.8 Å². The van der Waals surface area contributed by atoms with Gasteiger partial charge in [0.1, 0.15) is 5.82 Å². The van der Waals surface area contributed by atoms with Crippen LogP contribution in [0, 0.1) is 0 Å². The maximum atomic E-state index is 4.35. The van der Waals surface area contributed by atoms with E-state index in [1.807, 2.05) is 12.1 Å². The van der Waals surface area contributed by atoms with Gasteiger partial charge in [0.25, 0.3) is 0 Å². The van der Waals surface area contributed by atoms with Crippen LogP contribution in [-0.4, -0.2) is 14.8 Å². The summed E-state index contributed by atoms with van der Waals surface area (Å²) in [6.07, 6.45) is 3.49. The Hall–Kier alpha value is -1.16. The Morgan fingerprint density at radius 2 is 2.00 bits per heavy atom. The minimum atomic E-state index is 0.507. The fraction of sp³-hybridized carbons (Fsp3) is 0.385. The highest BCUT2D eigenvalue weighted by molar-refractivity contribution is 9.10. The van der Waals surface area contributed by atoms with Crippen LogP contribution in [0.5, 0.6) is 0 Å². The Morgan fingerprint density at radius 1 is 1.24 bits per heavy atom. The molecular weight excluding hydrogens is 278 g/mol. The second-order valence-corrected chi connectivity index (χ2v) is 5.47. The number of hydrogen-bond acceptors (Lipinski definition) is 2. The van der Waals surface area contributed by atoms with Gasteiger partial charge in [0.05, 0.1) is 0 Å². The van der Waals surface area contributed by atoms with Crippen LogP contribution >= 0.6 is 15.9 Å². The van der Waals surface area contributed by atoms with Crippen molar-refractivity contribution in [2.45, 2.75) is 32.2 Å². The molecule has 0 radical (unpaired) electrons. The van der Waals surface area contributed by atoms with Gasteiger partial charge < -0.3 is 4.57 Å². The summed E-state index contributed by atoms with van der Waals surface area (Å²) in [6.45, 7) is 2.24. The number of aromatic nitrogens is 3. The third-order valence-corrected chi connectivity index (χ3v) is 3.86. The Balaban J connectivity index is 2.09. The average molecular weight is 292 g/mol. The fourth-order valence-corrected chi connectivity index (χ4v) is 2.70. The maximum Gasteiger partial charge on any atom is 0.164 e. The van der Waals surface area contributed by atoms with Crippen LogP contribution in [0.3, 0.4) is 0 Å². The van der Waals surface area contributed by atoms with Crippen molar-refractivity contribution < 1.29 is 0 Å². The lowest BCUT2D eigenvalue weighted by Gasteiger charge is -2.22. The SMILES string of the molecule is CC1CCCc2nnc(-c3ccc(Br)cc3)n21. The van der Waals surface area contributed by atoms with E-state index in [0.29, 0.717) is 6.04 Å². The van der Waals surface area contributed by atoms with Crippen LogP contribution < -0.4 is 0 Å². The van der Waals surface area contributed by atoms with Crippen molar-refractivity contribution >= 4 is 15.9 Å². The minimum absolute atomic E-state index is 0.507. The number of nitrogens with zero attached hydrogens (tertiary/aromatic N) is 3. The first-order valence-corrected chi connectivity index (χ1v) is 6.75. The number of rotatable bonds is 1. The summed E-state index contributed by atoms with van der Waals surface area (Å²) in [7, 11) is 0. The Labute approximate surface area is 109 Å². The molecule has 3 nitrogen and oxygen atoms in total. The molecule has 1 aliphatic heterocycles. The lowest BCUT2D eigenvalue weighted by molar-refractivity contribution is 0.429. The molecule has 0 amide bonds. The smallest absolute Gasteiger partial charge is 0.164 e. The molecule has 0 spiro atoms. The Morgan fingerprint density at radius 3 is 2.76 bits per heavy atom. The molecular formula is C13H14BrN3. The molecule has 0 aliphatic carbocycles. The monoisotopic (exact) mass is 291 g/mol. The molecule has 2 aromatic rings. The molecule has 0 bridgehead atoms. The van der Waals surface area contributed by atoms with Crippen LogP contribution in [0.25, 0.3) is 11.4 Å². The summed E-state index contributed by atoms with van der Waals surface area (Å²) in [5.74, 6) is 2.13. The standard InChI is InChI=1S/C13H14BrN3/c1-9-3-2-4-12-15-16-13(17(9)12)10-5-7-11(14)8-6-10/h5-9H,2-4H2,1H3. The average Bonchev–Trinajstić information content (AvgIpc) is 2.75. The normalized spacial score (nSPS) is 19.1. The number of aryl methyl sites for hydroxylation is 1. The second-order valence-electron chi connectivity index (χ2n) is 4.56. The first-order valence-electron chi connectivity index (χ1n) is 5.95. The molecule has 0 fully saturated rings. The molecule has 0 N–H and O–H groups in total. The summed E-state index contributed by atoms with van der Waals surface area (Å²) in [6, 6.07) is 8.77. The van der Waals surface area contributed by atoms with Gasteiger partial charge in [-0.3, -0.25) is 0 Å². The largest absolute Gasteiger partial charge is 0.308 e. The highest BCUT2D eigenvalue weighted by Crippen LogP contribution is 2.29. The van der Waals surface area contributed by atoms with Gasteiger partial charge in [-0.1, -0.05) is 28.1 Å². The van der Waals surface area contributed by atoms with Gasteiger partial charge >= 0.3 is 0 Å². The Kier molecular flexibility index (Phi) is 2.74. The molecule has 1 unspecified atom stereocenters. The lowest BCUT2D eigenvalue weighted by atomic mass is 10.1. The topological polar surface area (TPSA) is 30.7 Å². The van der Waals surface area contributed by atoms with E-state index in [1.165, 1.54) is 12.8 Å². The van der Waals surface area contributed by atoms with Crippen molar-refractivity contribution in [2.24, 2.45) is 0 Å². The van der Waals surface area contributed by atoms with Crippen LogP contribution in [0.2, 0.25) is 0 Å². The van der Waals surface area contributed by atoms with Crippen molar-refractivity contribution in [1.29, 1.82) is 0 Å². The van der Waals surface area contributed by atoms with Gasteiger partial charge in [-0.2, -0.15) is 0 Å². The first kappa shape index (κ1) is 11.0. The number of fused-ring (bicyclic) bond motifs is 1. The van der Waals surface area contributed by atoms with Gasteiger partial charge in [0, 0.05) is 22.5 Å². The molecule has 4 heteroatoms. The van der Waals surface area contributed by atoms with Crippen molar-refractivity contribution in [2.75, 3.05) is 0 Å². The Bertz CT molecular complexity index is 530. The van der Waals surface area contributed by atoms with E-state index in [9.17, 15) is 0 Å². The van der Waals surface area contributed by atoms with Gasteiger partial charge in [0.2, 0.25) is 0 Å². The lowest BCUT2D eigenvalue weighted by Crippen LogP contribution is -2.16.